The third-order valence-electron chi connectivity index (χ3n) is 3.98. The Morgan fingerprint density at radius 3 is 2.36 bits per heavy atom. The lowest BCUT2D eigenvalue weighted by molar-refractivity contribution is 0.382. The number of sulfonamides is 1. The van der Waals surface area contributed by atoms with Gasteiger partial charge in [-0.2, -0.15) is 9.57 Å². The van der Waals surface area contributed by atoms with Crippen molar-refractivity contribution in [2.24, 2.45) is 0 Å². The number of nitrogens with zero attached hydrogens (tertiary/aromatic N) is 4. The van der Waals surface area contributed by atoms with Crippen molar-refractivity contribution in [1.82, 2.24) is 9.29 Å². The lowest BCUT2D eigenvalue weighted by atomic mass is 10.3. The largest absolute Gasteiger partial charge is 0.368 e. The van der Waals surface area contributed by atoms with Crippen molar-refractivity contribution in [1.29, 1.82) is 5.26 Å². The molecule has 1 aromatic heterocycles. The van der Waals surface area contributed by atoms with Gasteiger partial charge in [0.25, 0.3) is 0 Å². The number of piperazine rings is 1. The maximum atomic E-state index is 13.8. The molecular weight excluding hydrogens is 350 g/mol. The predicted octanol–water partition coefficient (Wildman–Crippen LogP) is 1.74. The first-order valence-corrected chi connectivity index (χ1v) is 8.92. The molecule has 3 rings (SSSR count). The zero-order chi connectivity index (χ0) is 18.0. The van der Waals surface area contributed by atoms with Gasteiger partial charge >= 0.3 is 0 Å². The molecule has 0 bridgehead atoms. The van der Waals surface area contributed by atoms with E-state index >= 15 is 0 Å². The van der Waals surface area contributed by atoms with Crippen LogP contribution in [0.4, 0.5) is 14.5 Å². The van der Waals surface area contributed by atoms with Crippen LogP contribution in [0.5, 0.6) is 0 Å². The Hall–Kier alpha value is -2.57. The van der Waals surface area contributed by atoms with Crippen molar-refractivity contribution in [2.45, 2.75) is 4.90 Å². The molecule has 0 unspecified atom stereocenters. The Morgan fingerprint density at radius 2 is 1.80 bits per heavy atom. The summed E-state index contributed by atoms with van der Waals surface area (Å²) in [7, 11) is -4.02. The molecule has 25 heavy (non-hydrogen) atoms. The first-order valence-electron chi connectivity index (χ1n) is 7.48. The molecule has 1 aromatic carbocycles. The van der Waals surface area contributed by atoms with Crippen LogP contribution in [0.1, 0.15) is 5.69 Å². The van der Waals surface area contributed by atoms with Gasteiger partial charge in [-0.25, -0.2) is 22.2 Å². The van der Waals surface area contributed by atoms with Gasteiger partial charge in [0.2, 0.25) is 10.0 Å². The van der Waals surface area contributed by atoms with E-state index in [4.69, 9.17) is 5.26 Å². The van der Waals surface area contributed by atoms with Crippen LogP contribution >= 0.6 is 0 Å². The molecule has 1 aliphatic rings. The zero-order valence-electron chi connectivity index (χ0n) is 13.1. The topological polar surface area (TPSA) is 77.3 Å². The van der Waals surface area contributed by atoms with Crippen molar-refractivity contribution < 1.29 is 17.2 Å². The minimum Gasteiger partial charge on any atom is -0.368 e. The average Bonchev–Trinajstić information content (AvgIpc) is 2.61. The fourth-order valence-corrected chi connectivity index (χ4v) is 4.12. The van der Waals surface area contributed by atoms with Gasteiger partial charge < -0.3 is 4.90 Å². The Bertz CT molecular complexity index is 918. The van der Waals surface area contributed by atoms with Gasteiger partial charge in [0.1, 0.15) is 28.3 Å². The molecule has 2 aromatic rings. The van der Waals surface area contributed by atoms with E-state index in [0.717, 1.165) is 17.8 Å². The summed E-state index contributed by atoms with van der Waals surface area (Å²) >= 11 is 0. The van der Waals surface area contributed by atoms with Crippen molar-refractivity contribution in [3.05, 3.63) is 53.9 Å². The molecule has 130 valence electrons. The summed E-state index contributed by atoms with van der Waals surface area (Å²) in [6.45, 7) is 1.13. The highest BCUT2D eigenvalue weighted by Gasteiger charge is 2.30. The molecule has 0 N–H and O–H groups in total. The molecule has 0 spiro atoms. The number of hydrogen-bond donors (Lipinski definition) is 0. The summed E-state index contributed by atoms with van der Waals surface area (Å²) < 4.78 is 53.1. The van der Waals surface area contributed by atoms with Gasteiger partial charge in [-0.1, -0.05) is 0 Å². The molecule has 0 atom stereocenters. The molecule has 6 nitrogen and oxygen atoms in total. The van der Waals surface area contributed by atoms with Crippen molar-refractivity contribution in [3.8, 4) is 6.07 Å². The van der Waals surface area contributed by atoms with E-state index in [1.807, 2.05) is 11.0 Å². The molecule has 0 saturated carbocycles. The SMILES string of the molecule is N#Cc1ccc(N2CCN(S(=O)(=O)c3ccc(F)cc3F)CC2)cn1. The van der Waals surface area contributed by atoms with E-state index in [-0.39, 0.29) is 13.1 Å². The van der Waals surface area contributed by atoms with E-state index in [1.54, 1.807) is 18.3 Å². The van der Waals surface area contributed by atoms with Crippen LogP contribution in [-0.2, 0) is 10.0 Å². The van der Waals surface area contributed by atoms with Crippen LogP contribution in [0, 0.1) is 23.0 Å². The van der Waals surface area contributed by atoms with Crippen molar-refractivity contribution in [3.63, 3.8) is 0 Å². The molecule has 1 fully saturated rings. The number of rotatable bonds is 3. The standard InChI is InChI=1S/C16H14F2N4O2S/c17-12-1-4-16(15(18)9-12)25(23,24)22-7-5-21(6-8-22)14-3-2-13(10-19)20-11-14/h1-4,9,11H,5-8H2. The van der Waals surface area contributed by atoms with Crippen LogP contribution in [0.3, 0.4) is 0 Å². The maximum absolute atomic E-state index is 13.8. The quantitative estimate of drug-likeness (QED) is 0.829. The van der Waals surface area contributed by atoms with E-state index in [0.29, 0.717) is 24.8 Å². The summed E-state index contributed by atoms with van der Waals surface area (Å²) in [4.78, 5) is 5.39. The fraction of sp³-hybridized carbons (Fsp3) is 0.250. The number of pyridine rings is 1. The predicted molar refractivity (Wildman–Crippen MR) is 86.3 cm³/mol. The normalized spacial score (nSPS) is 15.8. The lowest BCUT2D eigenvalue weighted by Gasteiger charge is -2.35. The Morgan fingerprint density at radius 1 is 1.08 bits per heavy atom. The van der Waals surface area contributed by atoms with E-state index in [9.17, 15) is 17.2 Å². The third-order valence-corrected chi connectivity index (χ3v) is 5.91. The van der Waals surface area contributed by atoms with E-state index < -0.39 is 26.6 Å². The number of anilines is 1. The Balaban J connectivity index is 1.73. The van der Waals surface area contributed by atoms with E-state index in [2.05, 4.69) is 4.98 Å². The fourth-order valence-electron chi connectivity index (χ4n) is 2.65. The first-order chi connectivity index (χ1) is 11.9. The van der Waals surface area contributed by atoms with Gasteiger partial charge in [-0.05, 0) is 24.3 Å². The van der Waals surface area contributed by atoms with Gasteiger partial charge in [0, 0.05) is 32.2 Å². The van der Waals surface area contributed by atoms with Crippen LogP contribution in [0.15, 0.2) is 41.4 Å². The monoisotopic (exact) mass is 364 g/mol. The van der Waals surface area contributed by atoms with Crippen LogP contribution in [0.25, 0.3) is 0 Å². The number of nitriles is 1. The maximum Gasteiger partial charge on any atom is 0.246 e. The second kappa shape index (κ2) is 6.74. The minimum absolute atomic E-state index is 0.166. The second-order valence-electron chi connectivity index (χ2n) is 5.48. The second-order valence-corrected chi connectivity index (χ2v) is 7.39. The first kappa shape index (κ1) is 17.3. The van der Waals surface area contributed by atoms with Gasteiger partial charge in [-0.15, -0.1) is 0 Å². The number of halogens is 2. The highest BCUT2D eigenvalue weighted by Crippen LogP contribution is 2.23. The van der Waals surface area contributed by atoms with Crippen LogP contribution < -0.4 is 4.90 Å². The smallest absolute Gasteiger partial charge is 0.246 e. The number of benzene rings is 1. The number of hydrogen-bond acceptors (Lipinski definition) is 5. The highest BCUT2D eigenvalue weighted by molar-refractivity contribution is 7.89. The minimum atomic E-state index is -4.02. The summed E-state index contributed by atoms with van der Waals surface area (Å²) in [6.07, 6.45) is 1.56. The molecule has 1 saturated heterocycles. The zero-order valence-corrected chi connectivity index (χ0v) is 13.9. The van der Waals surface area contributed by atoms with Gasteiger partial charge in [0.15, 0.2) is 0 Å². The molecule has 0 aliphatic carbocycles. The average molecular weight is 364 g/mol. The summed E-state index contributed by atoms with van der Waals surface area (Å²) in [6, 6.07) is 7.69. The van der Waals surface area contributed by atoms with Crippen LogP contribution in [-0.4, -0.2) is 43.9 Å². The molecule has 9 heteroatoms. The summed E-state index contributed by atoms with van der Waals surface area (Å²) in [5, 5.41) is 8.76. The highest BCUT2D eigenvalue weighted by atomic mass is 32.2. The molecule has 0 radical (unpaired) electrons. The van der Waals surface area contributed by atoms with Gasteiger partial charge in [-0.3, -0.25) is 0 Å². The van der Waals surface area contributed by atoms with E-state index in [1.165, 1.54) is 4.31 Å². The Labute approximate surface area is 144 Å². The van der Waals surface area contributed by atoms with Crippen molar-refractivity contribution >= 4 is 15.7 Å². The molecular formula is C16H14F2N4O2S. The third kappa shape index (κ3) is 3.45. The van der Waals surface area contributed by atoms with Gasteiger partial charge in [0.05, 0.1) is 11.9 Å². The molecule has 0 amide bonds. The molecule has 2 heterocycles. The molecule has 1 aliphatic heterocycles. The Kier molecular flexibility index (Phi) is 4.65. The lowest BCUT2D eigenvalue weighted by Crippen LogP contribution is -2.48. The number of aromatic nitrogens is 1. The summed E-state index contributed by atoms with van der Waals surface area (Å²) in [5.41, 5.74) is 1.08. The summed E-state index contributed by atoms with van der Waals surface area (Å²) in [5.74, 6) is -1.92. The van der Waals surface area contributed by atoms with Crippen molar-refractivity contribution in [2.75, 3.05) is 31.1 Å². The van der Waals surface area contributed by atoms with Crippen LogP contribution in [0.2, 0.25) is 0 Å².